The fourth-order valence-electron chi connectivity index (χ4n) is 5.25. The van der Waals surface area contributed by atoms with E-state index >= 15 is 0 Å². The molecule has 0 atom stereocenters. The summed E-state index contributed by atoms with van der Waals surface area (Å²) < 4.78 is 15.5. The number of imidazole rings is 1. The number of ether oxygens (including phenoxy) is 2. The Kier molecular flexibility index (Phi) is 5.03. The Morgan fingerprint density at radius 1 is 1.20 bits per heavy atom. The number of hydrogen-bond acceptors (Lipinski definition) is 6. The van der Waals surface area contributed by atoms with Crippen LogP contribution >= 0.6 is 0 Å². The summed E-state index contributed by atoms with van der Waals surface area (Å²) in [7, 11) is 0. The molecule has 1 N–H and O–H groups in total. The lowest BCUT2D eigenvalue weighted by Crippen LogP contribution is -2.51. The minimum Gasteiger partial charge on any atom is -0.474 e. The zero-order valence-electron chi connectivity index (χ0n) is 20.4. The molecule has 35 heavy (non-hydrogen) atoms. The van der Waals surface area contributed by atoms with Crippen LogP contribution in [0.2, 0.25) is 0 Å². The summed E-state index contributed by atoms with van der Waals surface area (Å²) in [5.41, 5.74) is 1.10. The fourth-order valence-corrected chi connectivity index (χ4v) is 5.25. The number of rotatable bonds is 6. The van der Waals surface area contributed by atoms with Crippen LogP contribution in [0, 0.1) is 0 Å². The maximum atomic E-state index is 13.3. The summed E-state index contributed by atoms with van der Waals surface area (Å²) in [5.74, 6) is 0.244. The molecular weight excluding hydrogens is 446 g/mol. The lowest BCUT2D eigenvalue weighted by atomic mass is 9.65. The SMILES string of the molecule is CC(C)Oc1nc2nc(C34CCC(C)(CC3)OC4)cn2cc1C(=O)Nc1cccn(C2CC2)c1=O. The Labute approximate surface area is 203 Å². The molecule has 0 spiro atoms. The first-order valence-electron chi connectivity index (χ1n) is 12.5. The number of aromatic nitrogens is 4. The second-order valence-corrected chi connectivity index (χ2v) is 10.8. The minimum atomic E-state index is -0.441. The quantitative estimate of drug-likeness (QED) is 0.579. The Hall–Kier alpha value is -3.20. The highest BCUT2D eigenvalue weighted by Crippen LogP contribution is 2.49. The number of pyridine rings is 1. The van der Waals surface area contributed by atoms with Crippen molar-refractivity contribution in [3.05, 3.63) is 52.3 Å². The van der Waals surface area contributed by atoms with Gasteiger partial charge in [-0.2, -0.15) is 4.98 Å². The molecule has 2 aliphatic carbocycles. The molecule has 0 radical (unpaired) electrons. The normalized spacial score (nSPS) is 25.8. The van der Waals surface area contributed by atoms with E-state index in [1.165, 1.54) is 0 Å². The molecule has 2 saturated carbocycles. The molecule has 4 fully saturated rings. The monoisotopic (exact) mass is 477 g/mol. The summed E-state index contributed by atoms with van der Waals surface area (Å²) in [6, 6.07) is 3.63. The van der Waals surface area contributed by atoms with Crippen molar-refractivity contribution in [2.24, 2.45) is 0 Å². The predicted octanol–water partition coefficient (Wildman–Crippen LogP) is 3.87. The van der Waals surface area contributed by atoms with E-state index in [1.807, 2.05) is 20.0 Å². The third-order valence-corrected chi connectivity index (χ3v) is 7.67. The highest BCUT2D eigenvalue weighted by molar-refractivity contribution is 6.05. The predicted molar refractivity (Wildman–Crippen MR) is 130 cm³/mol. The number of carbonyl (C=O) groups is 1. The Morgan fingerprint density at radius 2 is 1.97 bits per heavy atom. The zero-order chi connectivity index (χ0) is 24.4. The van der Waals surface area contributed by atoms with Crippen molar-refractivity contribution in [3.63, 3.8) is 0 Å². The van der Waals surface area contributed by atoms with Crippen molar-refractivity contribution in [2.75, 3.05) is 11.9 Å². The number of carbonyl (C=O) groups excluding carboxylic acids is 1. The standard InChI is InChI=1S/C26H31N5O4/c1-16(2)35-22-18(21(32)27-19-5-4-12-31(23(19)33)17-6-7-17)13-30-14-20(28-24(30)29-22)26-10-8-25(3,9-11-26)34-15-26/h4-5,12-14,16-17H,6-11,15H2,1-3H3,(H,27,32). The minimum absolute atomic E-state index is 0.0157. The van der Waals surface area contributed by atoms with Gasteiger partial charge in [-0.05, 0) is 71.4 Å². The smallest absolute Gasteiger partial charge is 0.274 e. The topological polar surface area (TPSA) is 99.8 Å². The van der Waals surface area contributed by atoms with Crippen LogP contribution in [0.15, 0.2) is 35.5 Å². The van der Waals surface area contributed by atoms with Crippen molar-refractivity contribution < 1.29 is 14.3 Å². The number of fused-ring (bicyclic) bond motifs is 4. The average molecular weight is 478 g/mol. The van der Waals surface area contributed by atoms with E-state index in [-0.39, 0.29) is 45.9 Å². The third-order valence-electron chi connectivity index (χ3n) is 7.67. The van der Waals surface area contributed by atoms with E-state index in [4.69, 9.17) is 14.5 Å². The second-order valence-electron chi connectivity index (χ2n) is 10.8. The van der Waals surface area contributed by atoms with Gasteiger partial charge in [-0.1, -0.05) is 0 Å². The van der Waals surface area contributed by atoms with Crippen molar-refractivity contribution >= 4 is 17.4 Å². The summed E-state index contributed by atoms with van der Waals surface area (Å²) >= 11 is 0. The molecule has 9 nitrogen and oxygen atoms in total. The molecule has 2 aliphatic heterocycles. The summed E-state index contributed by atoms with van der Waals surface area (Å²) in [5, 5.41) is 2.78. The first-order valence-corrected chi connectivity index (χ1v) is 12.5. The van der Waals surface area contributed by atoms with Crippen LogP contribution in [-0.2, 0) is 10.2 Å². The maximum absolute atomic E-state index is 13.3. The number of amides is 1. The van der Waals surface area contributed by atoms with Gasteiger partial charge in [0.2, 0.25) is 11.7 Å². The van der Waals surface area contributed by atoms with Crippen LogP contribution in [0.25, 0.3) is 5.78 Å². The van der Waals surface area contributed by atoms with Gasteiger partial charge in [0.15, 0.2) is 0 Å². The molecule has 4 aliphatic rings. The van der Waals surface area contributed by atoms with Gasteiger partial charge in [0.05, 0.1) is 24.0 Å². The zero-order valence-corrected chi connectivity index (χ0v) is 20.4. The molecular formula is C26H31N5O4. The molecule has 9 heteroatoms. The number of nitrogens with one attached hydrogen (secondary N) is 1. The van der Waals surface area contributed by atoms with Gasteiger partial charge in [0, 0.05) is 30.0 Å². The lowest BCUT2D eigenvalue weighted by molar-refractivity contribution is -0.146. The van der Waals surface area contributed by atoms with Crippen LogP contribution in [-0.4, -0.2) is 43.2 Å². The molecule has 0 unspecified atom stereocenters. The summed E-state index contributed by atoms with van der Waals surface area (Å²) in [6.45, 7) is 6.60. The van der Waals surface area contributed by atoms with E-state index in [0.29, 0.717) is 12.4 Å². The Balaban J connectivity index is 1.35. The van der Waals surface area contributed by atoms with Gasteiger partial charge in [-0.25, -0.2) is 4.98 Å². The van der Waals surface area contributed by atoms with E-state index in [0.717, 1.165) is 44.2 Å². The maximum Gasteiger partial charge on any atom is 0.274 e. The van der Waals surface area contributed by atoms with Crippen molar-refractivity contribution in [2.45, 2.75) is 82.5 Å². The molecule has 184 valence electrons. The lowest BCUT2D eigenvalue weighted by Gasteiger charge is -2.51. The molecule has 0 aromatic carbocycles. The van der Waals surface area contributed by atoms with E-state index in [9.17, 15) is 9.59 Å². The van der Waals surface area contributed by atoms with E-state index in [2.05, 4.69) is 17.2 Å². The van der Waals surface area contributed by atoms with Gasteiger partial charge in [0.25, 0.3) is 11.5 Å². The van der Waals surface area contributed by atoms with Crippen molar-refractivity contribution in [1.29, 1.82) is 0 Å². The molecule has 7 rings (SSSR count). The van der Waals surface area contributed by atoms with Crippen LogP contribution in [0.1, 0.15) is 81.4 Å². The molecule has 2 bridgehead atoms. The Morgan fingerprint density at radius 3 is 2.63 bits per heavy atom. The first-order chi connectivity index (χ1) is 16.8. The molecule has 1 amide bonds. The molecule has 3 aromatic heterocycles. The van der Waals surface area contributed by atoms with Crippen LogP contribution < -0.4 is 15.6 Å². The van der Waals surface area contributed by atoms with Gasteiger partial charge in [-0.3, -0.25) is 14.0 Å². The number of anilines is 1. The number of hydrogen-bond donors (Lipinski definition) is 1. The molecule has 3 aromatic rings. The highest BCUT2D eigenvalue weighted by atomic mass is 16.5. The van der Waals surface area contributed by atoms with Gasteiger partial charge in [-0.15, -0.1) is 0 Å². The summed E-state index contributed by atoms with van der Waals surface area (Å²) in [6.07, 6.45) is 11.3. The van der Waals surface area contributed by atoms with Gasteiger partial charge >= 0.3 is 0 Å². The molecule has 2 saturated heterocycles. The third kappa shape index (κ3) is 3.91. The van der Waals surface area contributed by atoms with Crippen LogP contribution in [0.4, 0.5) is 5.69 Å². The fraction of sp³-hybridized carbons (Fsp3) is 0.538. The van der Waals surface area contributed by atoms with Crippen molar-refractivity contribution in [3.8, 4) is 5.88 Å². The highest BCUT2D eigenvalue weighted by Gasteiger charge is 2.49. The average Bonchev–Trinajstić information content (AvgIpc) is 3.59. The summed E-state index contributed by atoms with van der Waals surface area (Å²) in [4.78, 5) is 35.6. The van der Waals surface area contributed by atoms with E-state index < -0.39 is 5.91 Å². The molecule has 5 heterocycles. The second kappa shape index (κ2) is 7.91. The Bertz CT molecular complexity index is 1350. The largest absolute Gasteiger partial charge is 0.474 e. The van der Waals surface area contributed by atoms with Crippen LogP contribution in [0.5, 0.6) is 5.88 Å². The number of nitrogens with zero attached hydrogens (tertiary/aromatic N) is 4. The van der Waals surface area contributed by atoms with Crippen LogP contribution in [0.3, 0.4) is 0 Å². The van der Waals surface area contributed by atoms with Gasteiger partial charge in [0.1, 0.15) is 11.3 Å². The van der Waals surface area contributed by atoms with Gasteiger partial charge < -0.3 is 19.4 Å². The first kappa shape index (κ1) is 22.3. The van der Waals surface area contributed by atoms with Crippen molar-refractivity contribution in [1.82, 2.24) is 18.9 Å². The van der Waals surface area contributed by atoms with E-state index in [1.54, 1.807) is 33.5 Å².